The maximum Gasteiger partial charge on any atom is 0.241 e. The summed E-state index contributed by atoms with van der Waals surface area (Å²) in [5.74, 6) is 0.887. The van der Waals surface area contributed by atoms with Crippen molar-refractivity contribution < 1.29 is 19.1 Å². The van der Waals surface area contributed by atoms with Gasteiger partial charge in [-0.2, -0.15) is 0 Å². The van der Waals surface area contributed by atoms with Gasteiger partial charge in [0.1, 0.15) is 0 Å². The molecule has 0 saturated carbocycles. The predicted octanol–water partition coefficient (Wildman–Crippen LogP) is 2.93. The van der Waals surface area contributed by atoms with Crippen LogP contribution in [0.5, 0.6) is 11.5 Å². The Balaban J connectivity index is 1.55. The minimum atomic E-state index is -0.491. The van der Waals surface area contributed by atoms with Gasteiger partial charge in [-0.1, -0.05) is 12.1 Å². The number of anilines is 2. The van der Waals surface area contributed by atoms with Gasteiger partial charge >= 0.3 is 0 Å². The summed E-state index contributed by atoms with van der Waals surface area (Å²) in [6.07, 6.45) is 0. The van der Waals surface area contributed by atoms with Crippen molar-refractivity contribution in [2.24, 2.45) is 0 Å². The Bertz CT molecular complexity index is 897. The molecule has 0 fully saturated rings. The number of ether oxygens (including phenoxy) is 2. The summed E-state index contributed by atoms with van der Waals surface area (Å²) < 4.78 is 10.6. The summed E-state index contributed by atoms with van der Waals surface area (Å²) in [4.78, 5) is 26.6. The van der Waals surface area contributed by atoms with Crippen LogP contribution in [0.2, 0.25) is 0 Å². The van der Waals surface area contributed by atoms with Crippen LogP contribution in [0, 0.1) is 13.8 Å². The van der Waals surface area contributed by atoms with E-state index < -0.39 is 6.04 Å². The minimum absolute atomic E-state index is 0.100. The third-order valence-corrected chi connectivity index (χ3v) is 4.74. The third-order valence-electron chi connectivity index (χ3n) is 4.74. The zero-order valence-corrected chi connectivity index (χ0v) is 16.5. The molecule has 148 valence electrons. The predicted molar refractivity (Wildman–Crippen MR) is 108 cm³/mol. The molecule has 1 aliphatic heterocycles. The van der Waals surface area contributed by atoms with Crippen LogP contribution in [0.1, 0.15) is 18.1 Å². The molecule has 0 aromatic heterocycles. The Hall–Kier alpha value is -3.06. The van der Waals surface area contributed by atoms with E-state index in [1.165, 1.54) is 0 Å². The fraction of sp³-hybridized carbons (Fsp3) is 0.333. The van der Waals surface area contributed by atoms with Crippen LogP contribution in [0.25, 0.3) is 0 Å². The van der Waals surface area contributed by atoms with Gasteiger partial charge in [0.15, 0.2) is 11.5 Å². The van der Waals surface area contributed by atoms with E-state index in [9.17, 15) is 9.59 Å². The molecule has 0 spiro atoms. The first kappa shape index (κ1) is 19.7. The van der Waals surface area contributed by atoms with Gasteiger partial charge in [-0.25, -0.2) is 0 Å². The highest BCUT2D eigenvalue weighted by Gasteiger charge is 2.21. The van der Waals surface area contributed by atoms with E-state index in [0.29, 0.717) is 17.2 Å². The van der Waals surface area contributed by atoms with Crippen molar-refractivity contribution in [1.29, 1.82) is 0 Å². The van der Waals surface area contributed by atoms with Crippen molar-refractivity contribution in [2.75, 3.05) is 31.0 Å². The van der Waals surface area contributed by atoms with E-state index in [-0.39, 0.29) is 25.2 Å². The first-order valence-electron chi connectivity index (χ1n) is 9.11. The summed E-state index contributed by atoms with van der Waals surface area (Å²) in [7, 11) is 1.74. The van der Waals surface area contributed by atoms with E-state index in [1.807, 2.05) is 32.0 Å². The molecule has 2 amide bonds. The standard InChI is InChI=1S/C21H25N3O4/c1-13-5-6-14(2)17(9-13)23-20(25)11-24(4)15(3)21(26)22-16-7-8-18-19(10-16)28-12-27-18/h5-10,15H,11-12H2,1-4H3,(H,22,26)(H,23,25)/t15-/m0/s1. The molecule has 1 aliphatic rings. The van der Waals surface area contributed by atoms with E-state index >= 15 is 0 Å². The number of nitrogens with one attached hydrogen (secondary N) is 2. The molecule has 0 aliphatic carbocycles. The van der Waals surface area contributed by atoms with E-state index in [2.05, 4.69) is 10.6 Å². The lowest BCUT2D eigenvalue weighted by Crippen LogP contribution is -2.43. The van der Waals surface area contributed by atoms with Crippen LogP contribution in [-0.4, -0.2) is 43.1 Å². The van der Waals surface area contributed by atoms with Gasteiger partial charge in [0.25, 0.3) is 0 Å². The fourth-order valence-electron chi connectivity index (χ4n) is 2.84. The lowest BCUT2D eigenvalue weighted by atomic mass is 10.1. The molecule has 7 nitrogen and oxygen atoms in total. The van der Waals surface area contributed by atoms with E-state index in [4.69, 9.17) is 9.47 Å². The maximum absolute atomic E-state index is 12.5. The van der Waals surface area contributed by atoms with Crippen molar-refractivity contribution >= 4 is 23.2 Å². The fourth-order valence-corrected chi connectivity index (χ4v) is 2.84. The highest BCUT2D eigenvalue weighted by molar-refractivity contribution is 5.96. The van der Waals surface area contributed by atoms with E-state index in [1.54, 1.807) is 37.1 Å². The number of amides is 2. The van der Waals surface area contributed by atoms with Crippen LogP contribution < -0.4 is 20.1 Å². The number of fused-ring (bicyclic) bond motifs is 1. The number of aryl methyl sites for hydroxylation is 2. The molecule has 2 aromatic rings. The number of benzene rings is 2. The minimum Gasteiger partial charge on any atom is -0.454 e. The molecule has 1 atom stereocenters. The number of carbonyl (C=O) groups excluding carboxylic acids is 2. The maximum atomic E-state index is 12.5. The molecule has 2 N–H and O–H groups in total. The van der Waals surface area contributed by atoms with Gasteiger partial charge in [-0.05, 0) is 57.1 Å². The molecular formula is C21H25N3O4. The summed E-state index contributed by atoms with van der Waals surface area (Å²) in [5.41, 5.74) is 3.48. The Labute approximate surface area is 164 Å². The Morgan fingerprint density at radius 3 is 2.61 bits per heavy atom. The van der Waals surface area contributed by atoms with Gasteiger partial charge in [-0.3, -0.25) is 14.5 Å². The molecule has 0 unspecified atom stereocenters. The molecule has 0 saturated heterocycles. The van der Waals surface area contributed by atoms with Crippen LogP contribution in [-0.2, 0) is 9.59 Å². The highest BCUT2D eigenvalue weighted by atomic mass is 16.7. The molecule has 1 heterocycles. The van der Waals surface area contributed by atoms with Crippen LogP contribution in [0.15, 0.2) is 36.4 Å². The number of hydrogen-bond acceptors (Lipinski definition) is 5. The smallest absolute Gasteiger partial charge is 0.241 e. The second-order valence-electron chi connectivity index (χ2n) is 7.01. The lowest BCUT2D eigenvalue weighted by molar-refractivity contribution is -0.122. The van der Waals surface area contributed by atoms with Crippen molar-refractivity contribution in [3.8, 4) is 11.5 Å². The van der Waals surface area contributed by atoms with Gasteiger partial charge < -0.3 is 20.1 Å². The molecular weight excluding hydrogens is 358 g/mol. The van der Waals surface area contributed by atoms with Crippen molar-refractivity contribution in [3.63, 3.8) is 0 Å². The van der Waals surface area contributed by atoms with E-state index in [0.717, 1.165) is 16.8 Å². The molecule has 3 rings (SSSR count). The summed E-state index contributed by atoms with van der Waals surface area (Å²) in [6, 6.07) is 10.6. The largest absolute Gasteiger partial charge is 0.454 e. The normalized spacial score (nSPS) is 13.3. The number of likely N-dealkylation sites (N-methyl/N-ethyl adjacent to an activating group) is 1. The summed E-state index contributed by atoms with van der Waals surface area (Å²) >= 11 is 0. The molecule has 2 aromatic carbocycles. The number of carbonyl (C=O) groups is 2. The quantitative estimate of drug-likeness (QED) is 0.802. The van der Waals surface area contributed by atoms with Crippen LogP contribution in [0.4, 0.5) is 11.4 Å². The van der Waals surface area contributed by atoms with Crippen molar-refractivity contribution in [2.45, 2.75) is 26.8 Å². The van der Waals surface area contributed by atoms with Gasteiger partial charge in [-0.15, -0.1) is 0 Å². The zero-order valence-electron chi connectivity index (χ0n) is 16.5. The summed E-state index contributed by atoms with van der Waals surface area (Å²) in [6.45, 7) is 5.96. The number of nitrogens with zero attached hydrogens (tertiary/aromatic N) is 1. The second-order valence-corrected chi connectivity index (χ2v) is 7.01. The van der Waals surface area contributed by atoms with Crippen molar-refractivity contribution in [3.05, 3.63) is 47.5 Å². The van der Waals surface area contributed by atoms with Crippen molar-refractivity contribution in [1.82, 2.24) is 4.90 Å². The first-order valence-corrected chi connectivity index (χ1v) is 9.11. The number of hydrogen-bond donors (Lipinski definition) is 2. The molecule has 0 radical (unpaired) electrons. The third kappa shape index (κ3) is 4.61. The molecule has 28 heavy (non-hydrogen) atoms. The zero-order chi connectivity index (χ0) is 20.3. The van der Waals surface area contributed by atoms with Gasteiger partial charge in [0.05, 0.1) is 12.6 Å². The SMILES string of the molecule is Cc1ccc(C)c(NC(=O)CN(C)[C@@H](C)C(=O)Nc2ccc3c(c2)OCO3)c1. The topological polar surface area (TPSA) is 79.9 Å². The lowest BCUT2D eigenvalue weighted by Gasteiger charge is -2.23. The Morgan fingerprint density at radius 1 is 1.07 bits per heavy atom. The second kappa shape index (κ2) is 8.31. The van der Waals surface area contributed by atoms with Gasteiger partial charge in [0.2, 0.25) is 18.6 Å². The monoisotopic (exact) mass is 383 g/mol. The Morgan fingerprint density at radius 2 is 1.82 bits per heavy atom. The number of rotatable bonds is 6. The van der Waals surface area contributed by atoms with Crippen LogP contribution in [0.3, 0.4) is 0 Å². The highest BCUT2D eigenvalue weighted by Crippen LogP contribution is 2.34. The average molecular weight is 383 g/mol. The Kier molecular flexibility index (Phi) is 5.84. The average Bonchev–Trinajstić information content (AvgIpc) is 3.11. The first-order chi connectivity index (χ1) is 13.3. The van der Waals surface area contributed by atoms with Crippen LogP contribution >= 0.6 is 0 Å². The molecule has 0 bridgehead atoms. The molecule has 7 heteroatoms. The summed E-state index contributed by atoms with van der Waals surface area (Å²) in [5, 5.41) is 5.75. The van der Waals surface area contributed by atoms with Gasteiger partial charge in [0, 0.05) is 17.4 Å².